The molecule has 0 radical (unpaired) electrons. The van der Waals surface area contributed by atoms with Crippen LogP contribution in [0, 0.1) is 30.2 Å². The first-order valence-electron chi connectivity index (χ1n) is 5.58. The Balaban J connectivity index is 2.33. The van der Waals surface area contributed by atoms with Gasteiger partial charge >= 0.3 is 0 Å². The van der Waals surface area contributed by atoms with E-state index < -0.39 is 29.2 Å². The Labute approximate surface area is 111 Å². The normalized spacial score (nSPS) is 10.7. The predicted molar refractivity (Wildman–Crippen MR) is 64.4 cm³/mol. The van der Waals surface area contributed by atoms with E-state index in [0.717, 1.165) is 0 Å². The van der Waals surface area contributed by atoms with E-state index in [1.165, 1.54) is 24.7 Å². The van der Waals surface area contributed by atoms with E-state index in [2.05, 4.69) is 5.32 Å². The van der Waals surface area contributed by atoms with Crippen molar-refractivity contribution in [3.8, 4) is 0 Å². The van der Waals surface area contributed by atoms with E-state index in [1.807, 2.05) is 0 Å². The van der Waals surface area contributed by atoms with Gasteiger partial charge in [-0.15, -0.1) is 0 Å². The minimum Gasteiger partial charge on any atom is -0.344 e. The lowest BCUT2D eigenvalue weighted by atomic mass is 10.2. The molecule has 1 aromatic heterocycles. The molecular formula is C13H10F4N2O. The standard InChI is InChI=1S/C13H10F4N2O/c1-6-5-19(2)12(10(6)16)13(20)18-7-3-8(14)11(17)9(15)4-7/h3-5H,1-2H3,(H,18,20). The number of hydrogen-bond acceptors (Lipinski definition) is 1. The molecule has 0 bridgehead atoms. The highest BCUT2D eigenvalue weighted by molar-refractivity contribution is 6.03. The lowest BCUT2D eigenvalue weighted by Crippen LogP contribution is -2.17. The molecule has 1 heterocycles. The zero-order valence-corrected chi connectivity index (χ0v) is 10.6. The second kappa shape index (κ2) is 4.99. The molecule has 0 spiro atoms. The first-order valence-corrected chi connectivity index (χ1v) is 5.58. The van der Waals surface area contributed by atoms with Gasteiger partial charge in [-0.25, -0.2) is 17.6 Å². The SMILES string of the molecule is Cc1cn(C)c(C(=O)Nc2cc(F)c(F)c(F)c2)c1F. The number of benzene rings is 1. The molecule has 2 aromatic rings. The van der Waals surface area contributed by atoms with E-state index in [9.17, 15) is 22.4 Å². The predicted octanol–water partition coefficient (Wildman–Crippen LogP) is 3.14. The summed E-state index contributed by atoms with van der Waals surface area (Å²) in [6.45, 7) is 1.48. The average Bonchev–Trinajstić information content (AvgIpc) is 2.60. The number of carbonyl (C=O) groups excluding carboxylic acids is 1. The summed E-state index contributed by atoms with van der Waals surface area (Å²) in [4.78, 5) is 11.9. The molecule has 0 saturated heterocycles. The molecule has 0 unspecified atom stereocenters. The number of aromatic nitrogens is 1. The Kier molecular flexibility index (Phi) is 3.52. The van der Waals surface area contributed by atoms with Crippen LogP contribution in [0.25, 0.3) is 0 Å². The summed E-state index contributed by atoms with van der Waals surface area (Å²) >= 11 is 0. The van der Waals surface area contributed by atoms with Crippen molar-refractivity contribution in [3.05, 3.63) is 52.9 Å². The molecule has 106 valence electrons. The van der Waals surface area contributed by atoms with Crippen LogP contribution in [0.4, 0.5) is 23.2 Å². The van der Waals surface area contributed by atoms with Crippen LogP contribution in [-0.2, 0) is 7.05 Å². The summed E-state index contributed by atoms with van der Waals surface area (Å²) in [5.41, 5.74) is -0.327. The van der Waals surface area contributed by atoms with Crippen LogP contribution in [-0.4, -0.2) is 10.5 Å². The second-order valence-electron chi connectivity index (χ2n) is 4.29. The first kappa shape index (κ1) is 14.1. The minimum atomic E-state index is -1.64. The maximum absolute atomic E-state index is 13.7. The molecule has 0 aliphatic rings. The number of halogens is 4. The number of nitrogens with one attached hydrogen (secondary N) is 1. The van der Waals surface area contributed by atoms with Crippen molar-refractivity contribution in [2.24, 2.45) is 7.05 Å². The third kappa shape index (κ3) is 2.38. The second-order valence-corrected chi connectivity index (χ2v) is 4.29. The van der Waals surface area contributed by atoms with Gasteiger partial charge in [-0.05, 0) is 6.92 Å². The summed E-state index contributed by atoms with van der Waals surface area (Å²) in [5.74, 6) is -6.13. The van der Waals surface area contributed by atoms with Gasteiger partial charge in [0.15, 0.2) is 23.3 Å². The molecule has 1 aromatic carbocycles. The van der Waals surface area contributed by atoms with Crippen molar-refractivity contribution in [1.82, 2.24) is 4.57 Å². The van der Waals surface area contributed by atoms with Crippen LogP contribution >= 0.6 is 0 Å². The third-order valence-electron chi connectivity index (χ3n) is 2.75. The van der Waals surface area contributed by atoms with E-state index in [-0.39, 0.29) is 16.9 Å². The fourth-order valence-electron chi connectivity index (χ4n) is 1.83. The molecule has 0 fully saturated rings. The third-order valence-corrected chi connectivity index (χ3v) is 2.75. The van der Waals surface area contributed by atoms with Crippen LogP contribution in [0.3, 0.4) is 0 Å². The highest BCUT2D eigenvalue weighted by atomic mass is 19.2. The largest absolute Gasteiger partial charge is 0.344 e. The number of carbonyl (C=O) groups is 1. The molecule has 1 amide bonds. The minimum absolute atomic E-state index is 0.258. The van der Waals surface area contributed by atoms with E-state index in [1.54, 1.807) is 0 Å². The van der Waals surface area contributed by atoms with Crippen molar-refractivity contribution < 1.29 is 22.4 Å². The molecule has 3 nitrogen and oxygen atoms in total. The molecular weight excluding hydrogens is 276 g/mol. The van der Waals surface area contributed by atoms with Crippen molar-refractivity contribution >= 4 is 11.6 Å². The molecule has 0 aliphatic carbocycles. The summed E-state index contributed by atoms with van der Waals surface area (Å²) in [6.07, 6.45) is 1.40. The molecule has 1 N–H and O–H groups in total. The Hall–Kier alpha value is -2.31. The Morgan fingerprint density at radius 1 is 1.10 bits per heavy atom. The van der Waals surface area contributed by atoms with Gasteiger partial charge in [-0.3, -0.25) is 4.79 Å². The maximum Gasteiger partial charge on any atom is 0.275 e. The van der Waals surface area contributed by atoms with Crippen molar-refractivity contribution in [2.75, 3.05) is 5.32 Å². The average molecular weight is 286 g/mol. The highest BCUT2D eigenvalue weighted by Gasteiger charge is 2.20. The lowest BCUT2D eigenvalue weighted by Gasteiger charge is -2.07. The summed E-state index contributed by atoms with van der Waals surface area (Å²) < 4.78 is 53.8. The van der Waals surface area contributed by atoms with Gasteiger partial charge in [-0.1, -0.05) is 0 Å². The van der Waals surface area contributed by atoms with Crippen molar-refractivity contribution in [3.63, 3.8) is 0 Å². The molecule has 2 rings (SSSR count). The molecule has 0 aliphatic heterocycles. The fourth-order valence-corrected chi connectivity index (χ4v) is 1.83. The van der Waals surface area contributed by atoms with Crippen molar-refractivity contribution in [2.45, 2.75) is 6.92 Å². The molecule has 7 heteroatoms. The molecule has 20 heavy (non-hydrogen) atoms. The van der Waals surface area contributed by atoms with Crippen LogP contribution < -0.4 is 5.32 Å². The van der Waals surface area contributed by atoms with Gasteiger partial charge in [0, 0.05) is 36.6 Å². The van der Waals surface area contributed by atoms with E-state index in [4.69, 9.17) is 0 Å². The number of amides is 1. The van der Waals surface area contributed by atoms with Gasteiger partial charge in [0.25, 0.3) is 5.91 Å². The van der Waals surface area contributed by atoms with Crippen LogP contribution in [0.1, 0.15) is 16.1 Å². The zero-order chi connectivity index (χ0) is 15.0. The van der Waals surface area contributed by atoms with Gasteiger partial charge in [0.2, 0.25) is 0 Å². The van der Waals surface area contributed by atoms with Gasteiger partial charge < -0.3 is 9.88 Å². The number of aryl methyl sites for hydroxylation is 2. The van der Waals surface area contributed by atoms with Crippen molar-refractivity contribution in [1.29, 1.82) is 0 Å². The quantitative estimate of drug-likeness (QED) is 0.668. The van der Waals surface area contributed by atoms with Crippen LogP contribution in [0.15, 0.2) is 18.3 Å². The topological polar surface area (TPSA) is 34.0 Å². The Morgan fingerprint density at radius 2 is 1.65 bits per heavy atom. The lowest BCUT2D eigenvalue weighted by molar-refractivity contribution is 0.101. The zero-order valence-electron chi connectivity index (χ0n) is 10.6. The van der Waals surface area contributed by atoms with E-state index >= 15 is 0 Å². The van der Waals surface area contributed by atoms with Gasteiger partial charge in [0.1, 0.15) is 5.69 Å². The number of hydrogen-bond donors (Lipinski definition) is 1. The first-order chi connectivity index (χ1) is 9.31. The Bertz CT molecular complexity index is 671. The Morgan fingerprint density at radius 3 is 2.10 bits per heavy atom. The molecule has 0 atom stereocenters. The fraction of sp³-hybridized carbons (Fsp3) is 0.154. The highest BCUT2D eigenvalue weighted by Crippen LogP contribution is 2.20. The smallest absolute Gasteiger partial charge is 0.275 e. The molecule has 0 saturated carbocycles. The summed E-state index contributed by atoms with van der Waals surface area (Å²) in [7, 11) is 1.46. The maximum atomic E-state index is 13.7. The van der Waals surface area contributed by atoms with E-state index in [0.29, 0.717) is 12.1 Å². The van der Waals surface area contributed by atoms with Crippen LogP contribution in [0.2, 0.25) is 0 Å². The van der Waals surface area contributed by atoms with Gasteiger partial charge in [-0.2, -0.15) is 0 Å². The summed E-state index contributed by atoms with van der Waals surface area (Å²) in [5, 5.41) is 2.12. The van der Waals surface area contributed by atoms with Gasteiger partial charge in [0.05, 0.1) is 0 Å². The van der Waals surface area contributed by atoms with Crippen LogP contribution in [0.5, 0.6) is 0 Å². The number of rotatable bonds is 2. The summed E-state index contributed by atoms with van der Waals surface area (Å²) in [6, 6.07) is 1.23. The monoisotopic (exact) mass is 286 g/mol. The number of anilines is 1. The number of nitrogens with zero attached hydrogens (tertiary/aromatic N) is 1.